The molecular weight excluding hydrogens is 184 g/mol. The normalized spacial score (nSPS) is 46.6. The highest BCUT2D eigenvalue weighted by Gasteiger charge is 2.55. The summed E-state index contributed by atoms with van der Waals surface area (Å²) in [6.07, 6.45) is -3.68. The van der Waals surface area contributed by atoms with Gasteiger partial charge in [-0.2, -0.15) is 0 Å². The molecule has 3 heteroatoms. The standard InChI is InChI=1S/C11H19F2N/c1-8(2)5-11-6-9(12)7-14(11)4-3-10(11)13/h8-10H,3-7H2,1-2H3/t9-,10-,11-/m1/s1/i5D2. The molecule has 2 heterocycles. The van der Waals surface area contributed by atoms with Crippen LogP contribution in [-0.4, -0.2) is 35.9 Å². The van der Waals surface area contributed by atoms with E-state index >= 15 is 0 Å². The maximum absolute atomic E-state index is 14.1. The summed E-state index contributed by atoms with van der Waals surface area (Å²) in [6, 6.07) is 0. The molecule has 2 aliphatic rings. The van der Waals surface area contributed by atoms with E-state index in [2.05, 4.69) is 0 Å². The molecule has 2 saturated heterocycles. The number of fused-ring (bicyclic) bond motifs is 1. The van der Waals surface area contributed by atoms with Crippen molar-refractivity contribution in [3.63, 3.8) is 0 Å². The second-order valence-electron chi connectivity index (χ2n) is 4.73. The van der Waals surface area contributed by atoms with Gasteiger partial charge >= 0.3 is 0 Å². The number of alkyl halides is 2. The summed E-state index contributed by atoms with van der Waals surface area (Å²) < 4.78 is 43.9. The Morgan fingerprint density at radius 2 is 2.29 bits per heavy atom. The van der Waals surface area contributed by atoms with Crippen molar-refractivity contribution in [3.05, 3.63) is 0 Å². The lowest BCUT2D eigenvalue weighted by Gasteiger charge is -2.35. The fourth-order valence-electron chi connectivity index (χ4n) is 2.80. The molecule has 0 amide bonds. The number of rotatable bonds is 2. The number of nitrogens with zero attached hydrogens (tertiary/aromatic N) is 1. The first-order chi connectivity index (χ1) is 7.32. The maximum Gasteiger partial charge on any atom is 0.120 e. The molecule has 0 spiro atoms. The Balaban J connectivity index is 2.40. The van der Waals surface area contributed by atoms with Gasteiger partial charge in [-0.1, -0.05) is 13.8 Å². The molecule has 0 N–H and O–H groups in total. The Hall–Kier alpha value is -0.180. The van der Waals surface area contributed by atoms with Crippen molar-refractivity contribution in [1.29, 1.82) is 0 Å². The van der Waals surface area contributed by atoms with Gasteiger partial charge in [0.15, 0.2) is 0 Å². The number of halogens is 2. The van der Waals surface area contributed by atoms with Crippen LogP contribution in [0.1, 0.15) is 35.8 Å². The van der Waals surface area contributed by atoms with Crippen molar-refractivity contribution < 1.29 is 11.5 Å². The minimum absolute atomic E-state index is 0.000648. The fourth-order valence-corrected chi connectivity index (χ4v) is 2.80. The lowest BCUT2D eigenvalue weighted by atomic mass is 9.83. The summed E-state index contributed by atoms with van der Waals surface area (Å²) in [4.78, 5) is 1.70. The van der Waals surface area contributed by atoms with Gasteiger partial charge in [0.1, 0.15) is 12.3 Å². The Kier molecular flexibility index (Phi) is 1.97. The van der Waals surface area contributed by atoms with Crippen LogP contribution in [0, 0.1) is 5.92 Å². The van der Waals surface area contributed by atoms with Crippen molar-refractivity contribution >= 4 is 0 Å². The van der Waals surface area contributed by atoms with Crippen LogP contribution >= 0.6 is 0 Å². The van der Waals surface area contributed by atoms with E-state index in [1.807, 2.05) is 0 Å². The van der Waals surface area contributed by atoms with Crippen LogP contribution in [0.2, 0.25) is 0 Å². The Bertz CT molecular complexity index is 285. The van der Waals surface area contributed by atoms with Crippen LogP contribution in [0.4, 0.5) is 8.78 Å². The molecule has 0 aromatic heterocycles. The highest BCUT2D eigenvalue weighted by atomic mass is 19.1. The van der Waals surface area contributed by atoms with Crippen molar-refractivity contribution in [2.45, 2.75) is 50.9 Å². The Morgan fingerprint density at radius 3 is 2.93 bits per heavy atom. The van der Waals surface area contributed by atoms with Gasteiger partial charge in [-0.05, 0) is 18.7 Å². The number of hydrogen-bond donors (Lipinski definition) is 0. The first-order valence-corrected chi connectivity index (χ1v) is 5.35. The van der Waals surface area contributed by atoms with E-state index in [-0.39, 0.29) is 18.9 Å². The molecule has 0 unspecified atom stereocenters. The third-order valence-corrected chi connectivity index (χ3v) is 3.22. The zero-order chi connectivity index (χ0) is 12.1. The average molecular weight is 205 g/mol. The van der Waals surface area contributed by atoms with Crippen molar-refractivity contribution in [1.82, 2.24) is 4.90 Å². The van der Waals surface area contributed by atoms with E-state index in [4.69, 9.17) is 2.74 Å². The zero-order valence-electron chi connectivity index (χ0n) is 10.8. The van der Waals surface area contributed by atoms with Crippen LogP contribution < -0.4 is 0 Å². The molecule has 2 aliphatic heterocycles. The zero-order valence-corrected chi connectivity index (χ0v) is 8.76. The van der Waals surface area contributed by atoms with Crippen LogP contribution in [0.25, 0.3) is 0 Å². The van der Waals surface area contributed by atoms with E-state index in [1.165, 1.54) is 0 Å². The fraction of sp³-hybridized carbons (Fsp3) is 1.00. The summed E-state index contributed by atoms with van der Waals surface area (Å²) in [5, 5.41) is 0. The summed E-state index contributed by atoms with van der Waals surface area (Å²) in [5.41, 5.74) is -1.22. The predicted octanol–water partition coefficient (Wildman–Crippen LogP) is 2.56. The van der Waals surface area contributed by atoms with Gasteiger partial charge in [-0.15, -0.1) is 0 Å². The summed E-state index contributed by atoms with van der Waals surface area (Å²) in [7, 11) is 0. The van der Waals surface area contributed by atoms with Crippen molar-refractivity contribution in [2.24, 2.45) is 5.92 Å². The van der Waals surface area contributed by atoms with Gasteiger partial charge in [0, 0.05) is 22.3 Å². The second kappa shape index (κ2) is 3.44. The lowest BCUT2D eigenvalue weighted by Crippen LogP contribution is -2.45. The second-order valence-corrected chi connectivity index (χ2v) is 4.73. The highest BCUT2D eigenvalue weighted by Crippen LogP contribution is 2.45. The molecule has 1 nitrogen and oxygen atoms in total. The van der Waals surface area contributed by atoms with Crippen LogP contribution in [0.3, 0.4) is 0 Å². The van der Waals surface area contributed by atoms with E-state index in [0.29, 0.717) is 13.0 Å². The van der Waals surface area contributed by atoms with Gasteiger partial charge in [0.05, 0.1) is 5.54 Å². The van der Waals surface area contributed by atoms with Crippen LogP contribution in [0.15, 0.2) is 0 Å². The largest absolute Gasteiger partial charge is 0.292 e. The van der Waals surface area contributed by atoms with E-state index in [1.54, 1.807) is 18.7 Å². The van der Waals surface area contributed by atoms with E-state index in [9.17, 15) is 8.78 Å². The highest BCUT2D eigenvalue weighted by molar-refractivity contribution is 5.09. The first-order valence-electron chi connectivity index (χ1n) is 6.35. The van der Waals surface area contributed by atoms with Gasteiger partial charge in [-0.3, -0.25) is 4.90 Å². The minimum atomic E-state index is -1.68. The van der Waals surface area contributed by atoms with Gasteiger partial charge in [0.25, 0.3) is 0 Å². The summed E-state index contributed by atoms with van der Waals surface area (Å²) >= 11 is 0. The molecule has 0 aromatic carbocycles. The van der Waals surface area contributed by atoms with Gasteiger partial charge in [0.2, 0.25) is 0 Å². The summed E-state index contributed by atoms with van der Waals surface area (Å²) in [5.74, 6) is -0.309. The molecule has 0 aliphatic carbocycles. The molecular formula is C11H19F2N. The first kappa shape index (κ1) is 8.03. The van der Waals surface area contributed by atoms with Gasteiger partial charge < -0.3 is 0 Å². The topological polar surface area (TPSA) is 3.24 Å². The average Bonchev–Trinajstić information content (AvgIpc) is 2.65. The molecule has 3 atom stereocenters. The maximum atomic E-state index is 14.1. The Labute approximate surface area is 87.3 Å². The third kappa shape index (κ3) is 1.46. The SMILES string of the molecule is [2H]C([2H])(C(C)C)[C@]12C[C@@H](F)CN1CC[C@H]2F. The summed E-state index contributed by atoms with van der Waals surface area (Å²) in [6.45, 7) is 4.15. The lowest BCUT2D eigenvalue weighted by molar-refractivity contribution is 0.0927. The van der Waals surface area contributed by atoms with Crippen molar-refractivity contribution in [3.8, 4) is 0 Å². The number of hydrogen-bond acceptors (Lipinski definition) is 1. The quantitative estimate of drug-likeness (QED) is 0.669. The monoisotopic (exact) mass is 205 g/mol. The van der Waals surface area contributed by atoms with Gasteiger partial charge in [-0.25, -0.2) is 8.78 Å². The molecule has 2 fully saturated rings. The third-order valence-electron chi connectivity index (χ3n) is 3.22. The van der Waals surface area contributed by atoms with Crippen LogP contribution in [-0.2, 0) is 0 Å². The Morgan fingerprint density at radius 1 is 1.57 bits per heavy atom. The molecule has 0 saturated carbocycles. The van der Waals surface area contributed by atoms with Crippen molar-refractivity contribution in [2.75, 3.05) is 13.1 Å². The van der Waals surface area contributed by atoms with E-state index in [0.717, 1.165) is 0 Å². The minimum Gasteiger partial charge on any atom is -0.292 e. The molecule has 2 rings (SSSR count). The molecule has 14 heavy (non-hydrogen) atoms. The molecule has 82 valence electrons. The predicted molar refractivity (Wildman–Crippen MR) is 52.8 cm³/mol. The molecule has 0 aromatic rings. The molecule has 0 bridgehead atoms. The van der Waals surface area contributed by atoms with E-state index < -0.39 is 24.3 Å². The molecule has 0 radical (unpaired) electrons. The van der Waals surface area contributed by atoms with Crippen LogP contribution in [0.5, 0.6) is 0 Å². The smallest absolute Gasteiger partial charge is 0.120 e.